The van der Waals surface area contributed by atoms with Crippen molar-refractivity contribution in [3.63, 3.8) is 0 Å². The molecule has 0 aromatic heterocycles. The molecule has 136 valence electrons. The van der Waals surface area contributed by atoms with E-state index < -0.39 is 0 Å². The van der Waals surface area contributed by atoms with E-state index in [2.05, 4.69) is 10.6 Å². The summed E-state index contributed by atoms with van der Waals surface area (Å²) < 4.78 is 0. The first-order chi connectivity index (χ1) is 11.6. The number of hydrogen-bond acceptors (Lipinski definition) is 3. The number of nitrogens with one attached hydrogen (secondary N) is 2. The molecule has 1 heterocycles. The standard InChI is InChI=1S/C17H30N4O3/c1-2-18-17(24)21-10-8-20(9-11-21)16(23)13-19-15(22)12-14-6-4-3-5-7-14/h14H,2-13H2,1H3,(H,18,24)(H,19,22). The summed E-state index contributed by atoms with van der Waals surface area (Å²) >= 11 is 0. The van der Waals surface area contributed by atoms with Gasteiger partial charge in [-0.15, -0.1) is 0 Å². The number of carbonyl (C=O) groups is 3. The smallest absolute Gasteiger partial charge is 0.317 e. The molecule has 0 atom stereocenters. The zero-order valence-corrected chi connectivity index (χ0v) is 14.7. The summed E-state index contributed by atoms with van der Waals surface area (Å²) in [6, 6.07) is -0.0783. The Hall–Kier alpha value is -1.79. The van der Waals surface area contributed by atoms with Crippen LogP contribution in [0, 0.1) is 5.92 Å². The molecule has 4 amide bonds. The Kier molecular flexibility index (Phi) is 7.34. The number of hydrogen-bond donors (Lipinski definition) is 2. The highest BCUT2D eigenvalue weighted by Crippen LogP contribution is 2.25. The molecule has 1 aliphatic heterocycles. The molecule has 2 rings (SSSR count). The van der Waals surface area contributed by atoms with Crippen LogP contribution in [0.3, 0.4) is 0 Å². The molecule has 1 saturated heterocycles. The second-order valence-corrected chi connectivity index (χ2v) is 6.69. The lowest BCUT2D eigenvalue weighted by Crippen LogP contribution is -2.54. The summed E-state index contributed by atoms with van der Waals surface area (Å²) in [6.07, 6.45) is 6.50. The average Bonchev–Trinajstić information content (AvgIpc) is 2.61. The first-order valence-electron chi connectivity index (χ1n) is 9.17. The second kappa shape index (κ2) is 9.49. The van der Waals surface area contributed by atoms with E-state index in [0.29, 0.717) is 45.1 Å². The van der Waals surface area contributed by atoms with Crippen LogP contribution in [0.25, 0.3) is 0 Å². The fraction of sp³-hybridized carbons (Fsp3) is 0.824. The number of nitrogens with zero attached hydrogens (tertiary/aromatic N) is 2. The summed E-state index contributed by atoms with van der Waals surface area (Å²) in [4.78, 5) is 39.3. The summed E-state index contributed by atoms with van der Waals surface area (Å²) in [6.45, 7) is 4.66. The third kappa shape index (κ3) is 5.69. The third-order valence-electron chi connectivity index (χ3n) is 4.88. The van der Waals surface area contributed by atoms with Crippen LogP contribution in [0.4, 0.5) is 4.79 Å². The second-order valence-electron chi connectivity index (χ2n) is 6.69. The van der Waals surface area contributed by atoms with E-state index in [0.717, 1.165) is 12.8 Å². The van der Waals surface area contributed by atoms with Crippen molar-refractivity contribution in [2.24, 2.45) is 5.92 Å². The lowest BCUT2D eigenvalue weighted by molar-refractivity contribution is -0.134. The Morgan fingerprint density at radius 3 is 2.17 bits per heavy atom. The van der Waals surface area contributed by atoms with E-state index in [1.54, 1.807) is 9.80 Å². The van der Waals surface area contributed by atoms with Gasteiger partial charge in [0, 0.05) is 39.1 Å². The molecule has 1 saturated carbocycles. The molecule has 0 unspecified atom stereocenters. The summed E-state index contributed by atoms with van der Waals surface area (Å²) in [5.41, 5.74) is 0. The minimum absolute atomic E-state index is 0.0174. The molecule has 0 spiro atoms. The van der Waals surface area contributed by atoms with Crippen molar-refractivity contribution in [3.8, 4) is 0 Å². The van der Waals surface area contributed by atoms with Crippen molar-refractivity contribution in [3.05, 3.63) is 0 Å². The minimum Gasteiger partial charge on any atom is -0.347 e. The first kappa shape index (κ1) is 18.5. The molecular formula is C17H30N4O3. The quantitative estimate of drug-likeness (QED) is 0.783. The molecule has 2 N–H and O–H groups in total. The van der Waals surface area contributed by atoms with Gasteiger partial charge in [0.1, 0.15) is 0 Å². The normalized spacial score (nSPS) is 19.0. The Labute approximate surface area is 144 Å². The molecule has 24 heavy (non-hydrogen) atoms. The molecular weight excluding hydrogens is 308 g/mol. The summed E-state index contributed by atoms with van der Waals surface area (Å²) in [5.74, 6) is 0.397. The van der Waals surface area contributed by atoms with Gasteiger partial charge < -0.3 is 20.4 Å². The average molecular weight is 338 g/mol. The number of piperazine rings is 1. The monoisotopic (exact) mass is 338 g/mol. The van der Waals surface area contributed by atoms with Crippen LogP contribution in [0.2, 0.25) is 0 Å². The van der Waals surface area contributed by atoms with Crippen LogP contribution < -0.4 is 10.6 Å². The largest absolute Gasteiger partial charge is 0.347 e. The predicted octanol–water partition coefficient (Wildman–Crippen LogP) is 0.947. The molecule has 0 bridgehead atoms. The maximum atomic E-state index is 12.2. The number of carbonyl (C=O) groups excluding carboxylic acids is 3. The van der Waals surface area contributed by atoms with Crippen LogP contribution in [0.15, 0.2) is 0 Å². The topological polar surface area (TPSA) is 81.8 Å². The Morgan fingerprint density at radius 2 is 1.54 bits per heavy atom. The Bertz CT molecular complexity index is 441. The van der Waals surface area contributed by atoms with Gasteiger partial charge in [0.25, 0.3) is 0 Å². The molecule has 0 radical (unpaired) electrons. The maximum Gasteiger partial charge on any atom is 0.317 e. The van der Waals surface area contributed by atoms with Crippen molar-refractivity contribution in [1.29, 1.82) is 0 Å². The van der Waals surface area contributed by atoms with Crippen LogP contribution in [-0.4, -0.2) is 66.9 Å². The van der Waals surface area contributed by atoms with Gasteiger partial charge in [-0.1, -0.05) is 19.3 Å². The number of urea groups is 1. The number of rotatable bonds is 5. The molecule has 7 heteroatoms. The van der Waals surface area contributed by atoms with Crippen molar-refractivity contribution < 1.29 is 14.4 Å². The third-order valence-corrected chi connectivity index (χ3v) is 4.88. The minimum atomic E-state index is -0.0783. The van der Waals surface area contributed by atoms with Gasteiger partial charge in [-0.25, -0.2) is 4.79 Å². The van der Waals surface area contributed by atoms with Gasteiger partial charge in [0.05, 0.1) is 6.54 Å². The van der Waals surface area contributed by atoms with E-state index >= 15 is 0 Å². The van der Waals surface area contributed by atoms with Crippen molar-refractivity contribution in [2.45, 2.75) is 45.4 Å². The highest BCUT2D eigenvalue weighted by molar-refractivity contribution is 5.85. The van der Waals surface area contributed by atoms with E-state index in [9.17, 15) is 14.4 Å². The lowest BCUT2D eigenvalue weighted by Gasteiger charge is -2.34. The van der Waals surface area contributed by atoms with Crippen molar-refractivity contribution in [2.75, 3.05) is 39.3 Å². The SMILES string of the molecule is CCNC(=O)N1CCN(C(=O)CNC(=O)CC2CCCCC2)CC1. The predicted molar refractivity (Wildman–Crippen MR) is 91.4 cm³/mol. The highest BCUT2D eigenvalue weighted by Gasteiger charge is 2.24. The van der Waals surface area contributed by atoms with Crippen molar-refractivity contribution >= 4 is 17.8 Å². The fourth-order valence-corrected chi connectivity index (χ4v) is 3.43. The molecule has 1 aliphatic carbocycles. The van der Waals surface area contributed by atoms with Gasteiger partial charge in [-0.3, -0.25) is 9.59 Å². The van der Waals surface area contributed by atoms with Gasteiger partial charge in [-0.2, -0.15) is 0 Å². The number of amides is 4. The Morgan fingerprint density at radius 1 is 0.917 bits per heavy atom. The van der Waals surface area contributed by atoms with E-state index in [1.165, 1.54) is 19.3 Å². The van der Waals surface area contributed by atoms with Gasteiger partial charge in [-0.05, 0) is 25.7 Å². The van der Waals surface area contributed by atoms with Crippen molar-refractivity contribution in [1.82, 2.24) is 20.4 Å². The summed E-state index contributed by atoms with van der Waals surface area (Å²) in [7, 11) is 0. The van der Waals surface area contributed by atoms with E-state index in [-0.39, 0.29) is 24.4 Å². The lowest BCUT2D eigenvalue weighted by atomic mass is 9.87. The zero-order valence-electron chi connectivity index (χ0n) is 14.7. The molecule has 2 aliphatic rings. The van der Waals surface area contributed by atoms with Crippen LogP contribution in [0.1, 0.15) is 45.4 Å². The van der Waals surface area contributed by atoms with Gasteiger partial charge in [0.2, 0.25) is 11.8 Å². The summed E-state index contributed by atoms with van der Waals surface area (Å²) in [5, 5.41) is 5.52. The van der Waals surface area contributed by atoms with Crippen LogP contribution >= 0.6 is 0 Å². The molecule has 0 aromatic rings. The zero-order chi connectivity index (χ0) is 17.4. The maximum absolute atomic E-state index is 12.2. The van der Waals surface area contributed by atoms with E-state index in [4.69, 9.17) is 0 Å². The molecule has 7 nitrogen and oxygen atoms in total. The van der Waals surface area contributed by atoms with E-state index in [1.807, 2.05) is 6.92 Å². The van der Waals surface area contributed by atoms with Gasteiger partial charge in [0.15, 0.2) is 0 Å². The Balaban J connectivity index is 1.64. The highest BCUT2D eigenvalue weighted by atomic mass is 16.2. The molecule has 0 aromatic carbocycles. The van der Waals surface area contributed by atoms with Crippen LogP contribution in [-0.2, 0) is 9.59 Å². The van der Waals surface area contributed by atoms with Crippen LogP contribution in [0.5, 0.6) is 0 Å². The first-order valence-corrected chi connectivity index (χ1v) is 9.17. The molecule has 2 fully saturated rings. The fourth-order valence-electron chi connectivity index (χ4n) is 3.43. The van der Waals surface area contributed by atoms with Gasteiger partial charge >= 0.3 is 6.03 Å².